The molecule has 1 heterocycles. The van der Waals surface area contributed by atoms with Crippen LogP contribution in [0.1, 0.15) is 31.3 Å². The Kier molecular flexibility index (Phi) is 5.30. The predicted octanol–water partition coefficient (Wildman–Crippen LogP) is 2.76. The lowest BCUT2D eigenvalue weighted by Gasteiger charge is -2.12. The van der Waals surface area contributed by atoms with Gasteiger partial charge < -0.3 is 15.4 Å². The standard InChI is InChI=1S/C16H20N4O2/c1-4-22-14-8-6-5-7-12(14)20-15-9-13(17-10-18-15)16(21)19-11(2)3/h5-11H,4H2,1-3H3,(H,19,21)(H,17,18,20). The zero-order valence-electron chi connectivity index (χ0n) is 13.0. The van der Waals surface area contributed by atoms with Gasteiger partial charge in [0.2, 0.25) is 0 Å². The summed E-state index contributed by atoms with van der Waals surface area (Å²) in [5.41, 5.74) is 1.11. The molecule has 0 saturated carbocycles. The molecule has 1 aromatic heterocycles. The Morgan fingerprint density at radius 2 is 2.05 bits per heavy atom. The summed E-state index contributed by atoms with van der Waals surface area (Å²) in [6.07, 6.45) is 1.36. The van der Waals surface area contributed by atoms with Crippen molar-refractivity contribution in [3.63, 3.8) is 0 Å². The molecule has 2 rings (SSSR count). The minimum absolute atomic E-state index is 0.0533. The van der Waals surface area contributed by atoms with Gasteiger partial charge in [0.25, 0.3) is 5.91 Å². The SMILES string of the molecule is CCOc1ccccc1Nc1cc(C(=O)NC(C)C)ncn1. The normalized spacial score (nSPS) is 10.4. The van der Waals surface area contributed by atoms with Gasteiger partial charge in [-0.25, -0.2) is 9.97 Å². The summed E-state index contributed by atoms with van der Waals surface area (Å²) in [4.78, 5) is 20.1. The summed E-state index contributed by atoms with van der Waals surface area (Å²) in [5, 5.41) is 5.95. The average molecular weight is 300 g/mol. The number of benzene rings is 1. The van der Waals surface area contributed by atoms with E-state index < -0.39 is 0 Å². The number of carbonyl (C=O) groups excluding carboxylic acids is 1. The van der Waals surface area contributed by atoms with Crippen LogP contribution in [0.5, 0.6) is 5.75 Å². The second kappa shape index (κ2) is 7.40. The predicted molar refractivity (Wildman–Crippen MR) is 85.5 cm³/mol. The van der Waals surface area contributed by atoms with E-state index in [4.69, 9.17) is 4.74 Å². The van der Waals surface area contributed by atoms with E-state index in [9.17, 15) is 4.79 Å². The molecule has 2 aromatic rings. The number of carbonyl (C=O) groups is 1. The van der Waals surface area contributed by atoms with Crippen molar-refractivity contribution in [1.29, 1.82) is 0 Å². The summed E-state index contributed by atoms with van der Waals surface area (Å²) < 4.78 is 5.55. The molecule has 0 aliphatic heterocycles. The van der Waals surface area contributed by atoms with Crippen molar-refractivity contribution in [2.45, 2.75) is 26.8 Å². The number of anilines is 2. The first kappa shape index (κ1) is 15.8. The van der Waals surface area contributed by atoms with Crippen LogP contribution < -0.4 is 15.4 Å². The Labute approximate surface area is 129 Å². The lowest BCUT2D eigenvalue weighted by atomic mass is 10.2. The zero-order valence-corrected chi connectivity index (χ0v) is 13.0. The Bertz CT molecular complexity index is 644. The van der Waals surface area contributed by atoms with Gasteiger partial charge in [-0.3, -0.25) is 4.79 Å². The first-order valence-corrected chi connectivity index (χ1v) is 7.22. The van der Waals surface area contributed by atoms with E-state index in [0.29, 0.717) is 18.1 Å². The highest BCUT2D eigenvalue weighted by molar-refractivity contribution is 5.93. The van der Waals surface area contributed by atoms with Gasteiger partial charge in [0, 0.05) is 12.1 Å². The summed E-state index contributed by atoms with van der Waals surface area (Å²) in [7, 11) is 0. The molecule has 0 saturated heterocycles. The number of para-hydroxylation sites is 2. The molecule has 2 N–H and O–H groups in total. The molecule has 0 spiro atoms. The van der Waals surface area contributed by atoms with Gasteiger partial charge in [0.15, 0.2) is 0 Å². The van der Waals surface area contributed by atoms with Crippen molar-refractivity contribution in [1.82, 2.24) is 15.3 Å². The largest absolute Gasteiger partial charge is 0.492 e. The van der Waals surface area contributed by atoms with E-state index in [1.165, 1.54) is 6.33 Å². The van der Waals surface area contributed by atoms with Gasteiger partial charge in [0.05, 0.1) is 12.3 Å². The number of aromatic nitrogens is 2. The second-order valence-electron chi connectivity index (χ2n) is 4.97. The van der Waals surface area contributed by atoms with Crippen LogP contribution in [-0.2, 0) is 0 Å². The Morgan fingerprint density at radius 3 is 2.77 bits per heavy atom. The van der Waals surface area contributed by atoms with Crippen LogP contribution in [-0.4, -0.2) is 28.5 Å². The van der Waals surface area contributed by atoms with Gasteiger partial charge in [-0.1, -0.05) is 12.1 Å². The quantitative estimate of drug-likeness (QED) is 0.858. The lowest BCUT2D eigenvalue weighted by Crippen LogP contribution is -2.30. The fraction of sp³-hybridized carbons (Fsp3) is 0.312. The highest BCUT2D eigenvalue weighted by atomic mass is 16.5. The highest BCUT2D eigenvalue weighted by Crippen LogP contribution is 2.26. The van der Waals surface area contributed by atoms with Gasteiger partial charge in [0.1, 0.15) is 23.6 Å². The van der Waals surface area contributed by atoms with Crippen molar-refractivity contribution in [3.8, 4) is 5.75 Å². The van der Waals surface area contributed by atoms with E-state index in [0.717, 1.165) is 11.4 Å². The molecule has 1 amide bonds. The molecular weight excluding hydrogens is 280 g/mol. The van der Waals surface area contributed by atoms with Crippen LogP contribution in [0.4, 0.5) is 11.5 Å². The van der Waals surface area contributed by atoms with E-state index in [1.54, 1.807) is 6.07 Å². The third kappa shape index (κ3) is 4.18. The summed E-state index contributed by atoms with van der Waals surface area (Å²) >= 11 is 0. The Hall–Kier alpha value is -2.63. The van der Waals surface area contributed by atoms with Gasteiger partial charge in [-0.05, 0) is 32.9 Å². The monoisotopic (exact) mass is 300 g/mol. The maximum Gasteiger partial charge on any atom is 0.270 e. The van der Waals surface area contributed by atoms with Crippen LogP contribution >= 0.6 is 0 Å². The number of nitrogens with zero attached hydrogens (tertiary/aromatic N) is 2. The average Bonchev–Trinajstić information content (AvgIpc) is 2.49. The molecule has 1 aromatic carbocycles. The van der Waals surface area contributed by atoms with Crippen molar-refractivity contribution >= 4 is 17.4 Å². The van der Waals surface area contributed by atoms with E-state index in [1.807, 2.05) is 45.0 Å². The molecule has 0 radical (unpaired) electrons. The summed E-state index contributed by atoms with van der Waals surface area (Å²) in [6.45, 7) is 6.30. The lowest BCUT2D eigenvalue weighted by molar-refractivity contribution is 0.0938. The molecule has 0 bridgehead atoms. The fourth-order valence-electron chi connectivity index (χ4n) is 1.88. The van der Waals surface area contributed by atoms with E-state index in [2.05, 4.69) is 20.6 Å². The molecule has 0 aliphatic carbocycles. The number of hydrogen-bond donors (Lipinski definition) is 2. The van der Waals surface area contributed by atoms with Gasteiger partial charge >= 0.3 is 0 Å². The molecule has 0 aliphatic rings. The van der Waals surface area contributed by atoms with Crippen molar-refractivity contribution < 1.29 is 9.53 Å². The minimum Gasteiger partial charge on any atom is -0.492 e. The van der Waals surface area contributed by atoms with Crippen molar-refractivity contribution in [2.75, 3.05) is 11.9 Å². The van der Waals surface area contributed by atoms with Crippen molar-refractivity contribution in [3.05, 3.63) is 42.4 Å². The smallest absolute Gasteiger partial charge is 0.270 e. The zero-order chi connectivity index (χ0) is 15.9. The van der Waals surface area contributed by atoms with E-state index >= 15 is 0 Å². The molecule has 116 valence electrons. The molecular formula is C16H20N4O2. The summed E-state index contributed by atoms with van der Waals surface area (Å²) in [5.74, 6) is 1.05. The first-order valence-electron chi connectivity index (χ1n) is 7.22. The topological polar surface area (TPSA) is 76.1 Å². The first-order chi connectivity index (χ1) is 10.6. The van der Waals surface area contributed by atoms with Crippen LogP contribution in [0.15, 0.2) is 36.7 Å². The van der Waals surface area contributed by atoms with Crippen LogP contribution in [0, 0.1) is 0 Å². The van der Waals surface area contributed by atoms with Crippen LogP contribution in [0.25, 0.3) is 0 Å². The highest BCUT2D eigenvalue weighted by Gasteiger charge is 2.10. The number of rotatable bonds is 6. The molecule has 0 fully saturated rings. The Balaban J connectivity index is 2.19. The number of ether oxygens (including phenoxy) is 1. The fourth-order valence-corrected chi connectivity index (χ4v) is 1.88. The summed E-state index contributed by atoms with van der Waals surface area (Å²) in [6, 6.07) is 9.23. The Morgan fingerprint density at radius 1 is 1.27 bits per heavy atom. The third-order valence-electron chi connectivity index (χ3n) is 2.77. The molecule has 6 nitrogen and oxygen atoms in total. The molecule has 6 heteroatoms. The van der Waals surface area contributed by atoms with E-state index in [-0.39, 0.29) is 11.9 Å². The second-order valence-corrected chi connectivity index (χ2v) is 4.97. The third-order valence-corrected chi connectivity index (χ3v) is 2.77. The van der Waals surface area contributed by atoms with Crippen LogP contribution in [0.2, 0.25) is 0 Å². The van der Waals surface area contributed by atoms with Gasteiger partial charge in [-0.15, -0.1) is 0 Å². The van der Waals surface area contributed by atoms with Gasteiger partial charge in [-0.2, -0.15) is 0 Å². The number of amides is 1. The minimum atomic E-state index is -0.224. The maximum atomic E-state index is 12.0. The molecule has 0 unspecified atom stereocenters. The molecule has 22 heavy (non-hydrogen) atoms. The number of hydrogen-bond acceptors (Lipinski definition) is 5. The molecule has 0 atom stereocenters. The maximum absolute atomic E-state index is 12.0. The number of nitrogens with one attached hydrogen (secondary N) is 2. The van der Waals surface area contributed by atoms with Crippen molar-refractivity contribution in [2.24, 2.45) is 0 Å². The van der Waals surface area contributed by atoms with Crippen LogP contribution in [0.3, 0.4) is 0 Å².